The first-order valence-corrected chi connectivity index (χ1v) is 7.05. The van der Waals surface area contributed by atoms with E-state index in [0.29, 0.717) is 5.82 Å². The van der Waals surface area contributed by atoms with E-state index in [1.807, 2.05) is 13.0 Å². The van der Waals surface area contributed by atoms with Crippen LogP contribution in [0.3, 0.4) is 0 Å². The van der Waals surface area contributed by atoms with Gasteiger partial charge in [-0.05, 0) is 39.0 Å². The minimum Gasteiger partial charge on any atom is -0.463 e. The Kier molecular flexibility index (Phi) is 5.09. The molecule has 0 atom stereocenters. The van der Waals surface area contributed by atoms with Crippen molar-refractivity contribution < 1.29 is 9.53 Å². The van der Waals surface area contributed by atoms with E-state index in [-0.39, 0.29) is 5.82 Å². The molecule has 0 spiro atoms. The van der Waals surface area contributed by atoms with Gasteiger partial charge in [-0.15, -0.1) is 0 Å². The maximum absolute atomic E-state index is 11.5. The number of allylic oxidation sites excluding steroid dienone is 1. The molecule has 2 rings (SSSR count). The summed E-state index contributed by atoms with van der Waals surface area (Å²) < 4.78 is 4.65. The van der Waals surface area contributed by atoms with Crippen LogP contribution in [0, 0.1) is 6.92 Å². The number of aryl methyl sites for hydroxylation is 1. The third-order valence-electron chi connectivity index (χ3n) is 3.36. The molecule has 1 aliphatic rings. The van der Waals surface area contributed by atoms with Gasteiger partial charge in [0.1, 0.15) is 5.82 Å². The fraction of sp³-hybridized carbons (Fsp3) is 0.533. The van der Waals surface area contributed by atoms with E-state index < -0.39 is 5.97 Å². The number of hydrogen-bond donors (Lipinski definition) is 1. The van der Waals surface area contributed by atoms with Crippen LogP contribution >= 0.6 is 0 Å². The summed E-state index contributed by atoms with van der Waals surface area (Å²) in [6.45, 7) is 2.66. The molecule has 5 nitrogen and oxygen atoms in total. The highest BCUT2D eigenvalue weighted by molar-refractivity contribution is 5.85. The number of nitrogens with one attached hydrogen (secondary N) is 1. The van der Waals surface area contributed by atoms with E-state index in [9.17, 15) is 4.79 Å². The Morgan fingerprint density at radius 1 is 1.40 bits per heavy atom. The highest BCUT2D eigenvalue weighted by Gasteiger charge is 2.11. The number of methoxy groups -OCH3 is 1. The van der Waals surface area contributed by atoms with Gasteiger partial charge in [0.2, 0.25) is 5.82 Å². The number of carbonyl (C=O) groups excluding carboxylic acids is 1. The molecule has 20 heavy (non-hydrogen) atoms. The second kappa shape index (κ2) is 7.03. The molecule has 5 heteroatoms. The highest BCUT2D eigenvalue weighted by atomic mass is 16.5. The van der Waals surface area contributed by atoms with E-state index in [1.54, 1.807) is 0 Å². The zero-order valence-corrected chi connectivity index (χ0v) is 12.1. The van der Waals surface area contributed by atoms with E-state index >= 15 is 0 Å². The number of nitrogens with zero attached hydrogens (tertiary/aromatic N) is 2. The zero-order valence-electron chi connectivity index (χ0n) is 12.1. The van der Waals surface area contributed by atoms with Crippen molar-refractivity contribution in [3.05, 3.63) is 29.2 Å². The highest BCUT2D eigenvalue weighted by Crippen LogP contribution is 2.20. The van der Waals surface area contributed by atoms with Gasteiger partial charge in [-0.25, -0.2) is 14.8 Å². The summed E-state index contributed by atoms with van der Waals surface area (Å²) >= 11 is 0. The second-order valence-electron chi connectivity index (χ2n) is 4.99. The molecule has 0 aliphatic heterocycles. The Morgan fingerprint density at radius 2 is 2.25 bits per heavy atom. The lowest BCUT2D eigenvalue weighted by molar-refractivity contribution is 0.0586. The molecular formula is C15H21N3O2. The standard InChI is InChI=1S/C15H21N3O2/c1-11-10-13(18-14(17-11)15(19)20-2)16-9-8-12-6-4-3-5-7-12/h6,10H,3-5,7-9H2,1-2H3,(H,16,17,18). The van der Waals surface area contributed by atoms with Crippen molar-refractivity contribution in [3.63, 3.8) is 0 Å². The van der Waals surface area contributed by atoms with Crippen LogP contribution in [0.5, 0.6) is 0 Å². The van der Waals surface area contributed by atoms with Gasteiger partial charge < -0.3 is 10.1 Å². The predicted octanol–water partition coefficient (Wildman–Crippen LogP) is 2.87. The summed E-state index contributed by atoms with van der Waals surface area (Å²) in [5, 5.41) is 3.25. The van der Waals surface area contributed by atoms with Crippen LogP contribution in [0.2, 0.25) is 0 Å². The van der Waals surface area contributed by atoms with Crippen molar-refractivity contribution in [1.82, 2.24) is 9.97 Å². The van der Waals surface area contributed by atoms with Crippen LogP contribution in [0.4, 0.5) is 5.82 Å². The molecule has 0 fully saturated rings. The summed E-state index contributed by atoms with van der Waals surface area (Å²) in [5.74, 6) is 0.271. The third kappa shape index (κ3) is 4.05. The Hall–Kier alpha value is -1.91. The molecule has 1 heterocycles. The van der Waals surface area contributed by atoms with E-state index in [4.69, 9.17) is 0 Å². The molecule has 0 bridgehead atoms. The van der Waals surface area contributed by atoms with Crippen LogP contribution < -0.4 is 5.32 Å². The maximum Gasteiger partial charge on any atom is 0.376 e. The van der Waals surface area contributed by atoms with Crippen LogP contribution in [0.15, 0.2) is 17.7 Å². The van der Waals surface area contributed by atoms with Gasteiger partial charge in [0, 0.05) is 18.3 Å². The number of anilines is 1. The topological polar surface area (TPSA) is 64.1 Å². The molecule has 0 saturated carbocycles. The number of carbonyl (C=O) groups is 1. The molecule has 0 radical (unpaired) electrons. The average molecular weight is 275 g/mol. The summed E-state index contributed by atoms with van der Waals surface area (Å²) in [6, 6.07) is 1.84. The van der Waals surface area contributed by atoms with Crippen molar-refractivity contribution >= 4 is 11.8 Å². The van der Waals surface area contributed by atoms with Gasteiger partial charge in [0.15, 0.2) is 0 Å². The smallest absolute Gasteiger partial charge is 0.376 e. The van der Waals surface area contributed by atoms with Crippen molar-refractivity contribution in [3.8, 4) is 0 Å². The van der Waals surface area contributed by atoms with Crippen molar-refractivity contribution in [2.75, 3.05) is 19.0 Å². The summed E-state index contributed by atoms with van der Waals surface area (Å²) in [7, 11) is 1.33. The SMILES string of the molecule is COC(=O)c1nc(C)cc(NCCC2=CCCCC2)n1. The Labute approximate surface area is 119 Å². The van der Waals surface area contributed by atoms with Gasteiger partial charge >= 0.3 is 5.97 Å². The van der Waals surface area contributed by atoms with Crippen LogP contribution in [0.25, 0.3) is 0 Å². The predicted molar refractivity (Wildman–Crippen MR) is 77.8 cm³/mol. The second-order valence-corrected chi connectivity index (χ2v) is 4.99. The number of esters is 1. The van der Waals surface area contributed by atoms with Crippen molar-refractivity contribution in [2.45, 2.75) is 39.0 Å². The Balaban J connectivity index is 1.93. The molecule has 0 saturated heterocycles. The van der Waals surface area contributed by atoms with Gasteiger partial charge in [-0.2, -0.15) is 0 Å². The molecule has 1 aromatic rings. The van der Waals surface area contributed by atoms with Gasteiger partial charge in [-0.1, -0.05) is 11.6 Å². The number of aromatic nitrogens is 2. The molecule has 1 N–H and O–H groups in total. The summed E-state index contributed by atoms with van der Waals surface area (Å²) in [6.07, 6.45) is 8.38. The van der Waals surface area contributed by atoms with Gasteiger partial charge in [0.25, 0.3) is 0 Å². The normalized spacial score (nSPS) is 14.6. The first-order chi connectivity index (χ1) is 9.69. The quantitative estimate of drug-likeness (QED) is 0.661. The minimum atomic E-state index is -0.508. The molecule has 1 aliphatic carbocycles. The molecule has 0 amide bonds. The van der Waals surface area contributed by atoms with Crippen molar-refractivity contribution in [2.24, 2.45) is 0 Å². The Morgan fingerprint density at radius 3 is 2.95 bits per heavy atom. The average Bonchev–Trinajstić information content (AvgIpc) is 2.47. The Bertz CT molecular complexity index is 512. The first kappa shape index (κ1) is 14.5. The van der Waals surface area contributed by atoms with E-state index in [1.165, 1.54) is 38.4 Å². The largest absolute Gasteiger partial charge is 0.463 e. The number of rotatable bonds is 5. The molecular weight excluding hydrogens is 254 g/mol. The van der Waals surface area contributed by atoms with E-state index in [2.05, 4.69) is 26.1 Å². The number of hydrogen-bond acceptors (Lipinski definition) is 5. The fourth-order valence-electron chi connectivity index (χ4n) is 2.32. The van der Waals surface area contributed by atoms with Crippen LogP contribution in [-0.4, -0.2) is 29.6 Å². The van der Waals surface area contributed by atoms with Crippen LogP contribution in [0.1, 0.15) is 48.4 Å². The minimum absolute atomic E-state index is 0.104. The number of ether oxygens (including phenoxy) is 1. The first-order valence-electron chi connectivity index (χ1n) is 7.05. The van der Waals surface area contributed by atoms with Crippen molar-refractivity contribution in [1.29, 1.82) is 0 Å². The lowest BCUT2D eigenvalue weighted by atomic mass is 9.97. The zero-order chi connectivity index (χ0) is 14.4. The monoisotopic (exact) mass is 275 g/mol. The summed E-state index contributed by atoms with van der Waals surface area (Å²) in [5.41, 5.74) is 2.27. The van der Waals surface area contributed by atoms with Crippen LogP contribution in [-0.2, 0) is 4.74 Å². The van der Waals surface area contributed by atoms with Gasteiger partial charge in [-0.3, -0.25) is 0 Å². The molecule has 1 aromatic heterocycles. The molecule has 0 aromatic carbocycles. The lowest BCUT2D eigenvalue weighted by Gasteiger charge is -2.13. The lowest BCUT2D eigenvalue weighted by Crippen LogP contribution is -2.12. The summed E-state index contributed by atoms with van der Waals surface area (Å²) in [4.78, 5) is 19.7. The third-order valence-corrected chi connectivity index (χ3v) is 3.36. The van der Waals surface area contributed by atoms with Gasteiger partial charge in [0.05, 0.1) is 7.11 Å². The fourth-order valence-corrected chi connectivity index (χ4v) is 2.32. The maximum atomic E-state index is 11.5. The van der Waals surface area contributed by atoms with E-state index in [0.717, 1.165) is 18.7 Å². The molecule has 108 valence electrons. The molecule has 0 unspecified atom stereocenters.